The smallest absolute Gasteiger partial charge is 0.205 e. The fourth-order valence-electron chi connectivity index (χ4n) is 2.10. The second-order valence-electron chi connectivity index (χ2n) is 4.35. The molecule has 0 atom stereocenters. The molecule has 106 valence electrons. The van der Waals surface area contributed by atoms with Crippen molar-refractivity contribution < 1.29 is 28.5 Å². The molecule has 1 aliphatic rings. The maximum Gasteiger partial charge on any atom is 0.205 e. The number of hydrogen-bond donors (Lipinski definition) is 0. The van der Waals surface area contributed by atoms with Gasteiger partial charge in [0.1, 0.15) is 6.54 Å². The van der Waals surface area contributed by atoms with Gasteiger partial charge in [-0.2, -0.15) is 4.57 Å². The molecular weight excluding hydrogens is 359 g/mol. The summed E-state index contributed by atoms with van der Waals surface area (Å²) in [4.78, 5) is 2.23. The minimum Gasteiger partial charge on any atom is -1.00 e. The molecule has 0 saturated carbocycles. The number of allylic oxidation sites excluding steroid dienone is 5. The van der Waals surface area contributed by atoms with Gasteiger partial charge >= 0.3 is 0 Å². The maximum absolute atomic E-state index is 2.23. The summed E-state index contributed by atoms with van der Waals surface area (Å²) in [6.45, 7) is 6.29. The van der Waals surface area contributed by atoms with Crippen LogP contribution < -0.4 is 28.5 Å². The van der Waals surface area contributed by atoms with E-state index >= 15 is 0 Å². The molecule has 2 rings (SSSR count). The van der Waals surface area contributed by atoms with Gasteiger partial charge in [0.15, 0.2) is 6.20 Å². The SMILES string of the molecule is CCN1C=CC=C/C1=C/C=C/c1cccc[n+]1CC.[I-]. The number of halogens is 1. The summed E-state index contributed by atoms with van der Waals surface area (Å²) in [6, 6.07) is 6.26. The average Bonchev–Trinajstić information content (AvgIpc) is 2.48. The van der Waals surface area contributed by atoms with Gasteiger partial charge in [-0.15, -0.1) is 0 Å². The summed E-state index contributed by atoms with van der Waals surface area (Å²) >= 11 is 0. The van der Waals surface area contributed by atoms with E-state index in [-0.39, 0.29) is 24.0 Å². The summed E-state index contributed by atoms with van der Waals surface area (Å²) in [7, 11) is 0. The van der Waals surface area contributed by atoms with Crippen LogP contribution in [0.5, 0.6) is 0 Å². The van der Waals surface area contributed by atoms with Crippen LogP contribution in [0.2, 0.25) is 0 Å². The van der Waals surface area contributed by atoms with E-state index in [0.29, 0.717) is 0 Å². The first-order valence-corrected chi connectivity index (χ1v) is 6.83. The van der Waals surface area contributed by atoms with Crippen molar-refractivity contribution in [1.82, 2.24) is 4.90 Å². The molecule has 2 heterocycles. The van der Waals surface area contributed by atoms with Crippen molar-refractivity contribution in [2.45, 2.75) is 20.4 Å². The Kier molecular flexibility index (Phi) is 7.30. The monoisotopic (exact) mass is 380 g/mol. The predicted octanol–water partition coefficient (Wildman–Crippen LogP) is 0.300. The van der Waals surface area contributed by atoms with Gasteiger partial charge in [-0.25, -0.2) is 0 Å². The minimum atomic E-state index is 0. The zero-order chi connectivity index (χ0) is 13.5. The lowest BCUT2D eigenvalue weighted by atomic mass is 10.2. The summed E-state index contributed by atoms with van der Waals surface area (Å²) in [6.07, 6.45) is 16.9. The van der Waals surface area contributed by atoms with Gasteiger partial charge in [0.25, 0.3) is 0 Å². The van der Waals surface area contributed by atoms with Crippen molar-refractivity contribution in [1.29, 1.82) is 0 Å². The molecule has 1 aromatic heterocycles. The standard InChI is InChI=1S/C17H21N2.HI/c1-3-18-14-7-5-10-16(18)12-9-13-17-11-6-8-15-19(17)4-2;/h5-15H,3-4H2,1-2H3;1H/q+1;/p-1. The van der Waals surface area contributed by atoms with Crippen LogP contribution in [0.1, 0.15) is 19.5 Å². The fraction of sp³-hybridized carbons (Fsp3) is 0.235. The van der Waals surface area contributed by atoms with Gasteiger partial charge in [-0.3, -0.25) is 0 Å². The predicted molar refractivity (Wildman–Crippen MR) is 80.1 cm³/mol. The first-order chi connectivity index (χ1) is 9.35. The Labute approximate surface area is 138 Å². The largest absolute Gasteiger partial charge is 1.00 e. The van der Waals surface area contributed by atoms with Gasteiger partial charge in [-0.1, -0.05) is 12.2 Å². The molecule has 0 fully saturated rings. The van der Waals surface area contributed by atoms with Crippen LogP contribution in [-0.4, -0.2) is 11.4 Å². The van der Waals surface area contributed by atoms with E-state index in [2.05, 4.69) is 90.4 Å². The van der Waals surface area contributed by atoms with Crippen molar-refractivity contribution in [3.63, 3.8) is 0 Å². The lowest BCUT2D eigenvalue weighted by Crippen LogP contribution is -3.00. The van der Waals surface area contributed by atoms with E-state index in [1.807, 2.05) is 0 Å². The van der Waals surface area contributed by atoms with Crippen LogP contribution in [0.25, 0.3) is 6.08 Å². The molecule has 0 N–H and O–H groups in total. The molecule has 0 unspecified atom stereocenters. The van der Waals surface area contributed by atoms with Crippen LogP contribution in [0.15, 0.2) is 66.7 Å². The van der Waals surface area contributed by atoms with E-state index < -0.39 is 0 Å². The third-order valence-electron chi connectivity index (χ3n) is 3.17. The number of aryl methyl sites for hydroxylation is 1. The van der Waals surface area contributed by atoms with Crippen LogP contribution in [-0.2, 0) is 6.54 Å². The van der Waals surface area contributed by atoms with Crippen molar-refractivity contribution in [3.8, 4) is 0 Å². The van der Waals surface area contributed by atoms with Crippen LogP contribution in [0.4, 0.5) is 0 Å². The Hall–Kier alpha value is -1.36. The van der Waals surface area contributed by atoms with E-state index in [1.54, 1.807) is 0 Å². The molecular formula is C17H21IN2. The minimum absolute atomic E-state index is 0. The summed E-state index contributed by atoms with van der Waals surface area (Å²) in [5.74, 6) is 0. The topological polar surface area (TPSA) is 7.12 Å². The number of nitrogens with zero attached hydrogens (tertiary/aromatic N) is 2. The van der Waals surface area contributed by atoms with Crippen molar-refractivity contribution in [2.24, 2.45) is 0 Å². The number of likely N-dealkylation sites (N-methyl/N-ethyl adjacent to an activating group) is 1. The maximum atomic E-state index is 2.23. The number of aromatic nitrogens is 1. The molecule has 1 aliphatic heterocycles. The number of pyridine rings is 1. The molecule has 20 heavy (non-hydrogen) atoms. The van der Waals surface area contributed by atoms with Gasteiger partial charge < -0.3 is 28.9 Å². The molecule has 0 saturated heterocycles. The quantitative estimate of drug-likeness (QED) is 0.539. The third kappa shape index (κ3) is 4.34. The molecule has 0 spiro atoms. The molecule has 0 amide bonds. The summed E-state index contributed by atoms with van der Waals surface area (Å²) in [5, 5.41) is 0. The number of rotatable bonds is 4. The highest BCUT2D eigenvalue weighted by Crippen LogP contribution is 2.12. The first kappa shape index (κ1) is 16.7. The highest BCUT2D eigenvalue weighted by atomic mass is 127. The van der Waals surface area contributed by atoms with E-state index in [1.165, 1.54) is 11.4 Å². The van der Waals surface area contributed by atoms with Crippen molar-refractivity contribution in [3.05, 3.63) is 72.4 Å². The van der Waals surface area contributed by atoms with Gasteiger partial charge in [0.2, 0.25) is 5.69 Å². The van der Waals surface area contributed by atoms with Gasteiger partial charge in [-0.05, 0) is 38.1 Å². The Balaban J connectivity index is 0.00000200. The zero-order valence-electron chi connectivity index (χ0n) is 12.0. The first-order valence-electron chi connectivity index (χ1n) is 6.83. The second-order valence-corrected chi connectivity index (χ2v) is 4.35. The third-order valence-corrected chi connectivity index (χ3v) is 3.17. The normalized spacial score (nSPS) is 15.9. The molecule has 2 nitrogen and oxygen atoms in total. The molecule has 0 aromatic carbocycles. The summed E-state index contributed by atoms with van der Waals surface area (Å²) < 4.78 is 2.23. The second kappa shape index (κ2) is 8.74. The lowest BCUT2D eigenvalue weighted by Gasteiger charge is -2.21. The average molecular weight is 380 g/mol. The molecule has 0 bridgehead atoms. The van der Waals surface area contributed by atoms with E-state index in [0.717, 1.165) is 13.1 Å². The van der Waals surface area contributed by atoms with Crippen LogP contribution >= 0.6 is 0 Å². The highest BCUT2D eigenvalue weighted by Gasteiger charge is 2.03. The van der Waals surface area contributed by atoms with Gasteiger partial charge in [0, 0.05) is 36.7 Å². The lowest BCUT2D eigenvalue weighted by molar-refractivity contribution is -0.695. The Morgan fingerprint density at radius 3 is 2.80 bits per heavy atom. The van der Waals surface area contributed by atoms with E-state index in [4.69, 9.17) is 0 Å². The Morgan fingerprint density at radius 2 is 2.05 bits per heavy atom. The Bertz CT molecular complexity index is 542. The molecule has 0 radical (unpaired) electrons. The zero-order valence-corrected chi connectivity index (χ0v) is 14.2. The molecule has 1 aromatic rings. The highest BCUT2D eigenvalue weighted by molar-refractivity contribution is 5.45. The van der Waals surface area contributed by atoms with Crippen molar-refractivity contribution in [2.75, 3.05) is 6.54 Å². The van der Waals surface area contributed by atoms with Crippen LogP contribution in [0, 0.1) is 0 Å². The Morgan fingerprint density at radius 1 is 1.20 bits per heavy atom. The van der Waals surface area contributed by atoms with Gasteiger partial charge in [0.05, 0.1) is 0 Å². The summed E-state index contributed by atoms with van der Waals surface area (Å²) in [5.41, 5.74) is 2.44. The van der Waals surface area contributed by atoms with Crippen LogP contribution in [0.3, 0.4) is 0 Å². The number of hydrogen-bond acceptors (Lipinski definition) is 1. The van der Waals surface area contributed by atoms with Crippen molar-refractivity contribution >= 4 is 6.08 Å². The molecule has 3 heteroatoms. The fourth-order valence-corrected chi connectivity index (χ4v) is 2.10. The van der Waals surface area contributed by atoms with E-state index in [9.17, 15) is 0 Å². The molecule has 0 aliphatic carbocycles.